The van der Waals surface area contributed by atoms with Crippen molar-refractivity contribution in [2.75, 3.05) is 88.9 Å². The molecule has 0 saturated carbocycles. The van der Waals surface area contributed by atoms with Crippen molar-refractivity contribution >= 4 is 51.5 Å². The quantitative estimate of drug-likeness (QED) is 0.153. The fourth-order valence-electron chi connectivity index (χ4n) is 1.02. The monoisotopic (exact) mass is 1090 g/mol. The second kappa shape index (κ2) is 68.1. The van der Waals surface area contributed by atoms with Crippen LogP contribution < -0.4 is 15.4 Å². The van der Waals surface area contributed by atoms with Gasteiger partial charge in [-0.25, -0.2) is 18.0 Å². The van der Waals surface area contributed by atoms with Gasteiger partial charge in [0.2, 0.25) is 5.91 Å². The highest BCUT2D eigenvalue weighted by atomic mass is 32.2. The van der Waals surface area contributed by atoms with E-state index in [1.807, 2.05) is 36.8 Å². The Bertz CT molecular complexity index is 1290. The van der Waals surface area contributed by atoms with Crippen LogP contribution in [0.4, 0.5) is 35.9 Å². The van der Waals surface area contributed by atoms with Crippen LogP contribution in [0, 0.1) is 23.7 Å². The minimum absolute atomic E-state index is 0. The maximum absolute atomic E-state index is 11.6. The molecule has 0 atom stereocenters. The number of hydrogen-bond donors (Lipinski definition) is 2. The van der Waals surface area contributed by atoms with Crippen molar-refractivity contribution in [2.24, 2.45) is 16.7 Å². The summed E-state index contributed by atoms with van der Waals surface area (Å²) in [5.74, 6) is 1.68. The standard InChI is InChI=1S/C8H10O.C5H6F6.C5H12.C4H10.C3H7NO2.C3H7NO.C3H6O3.C3H6O2.C3H6O.C3H8.C2H6O2S.C2H6O.C2H6S.2CH4/c1-7-3-5-8(9-2)6-4-7;1-3(2,4(6,7)8)5(9,10)11;1-5(2,3)4;1-4(2)3;1-4-3(5)6-2;1-3(5)4-2;1-5-3(4)6-2;1-3(4)5-2;1-3(2)4;1-3-2;1-5(2,3)4;2*1-3-2;;/h3-6H,1-2H3;1-2H3;1-4H3;4H,1-3H3;1-2H3,(H,4,5);1-2H3,(H,4,5);1-2H3;1-2H3;1-2H3;3H2,1-2H3;1-2H3;2*1-2H3;2*1H4. The van der Waals surface area contributed by atoms with Crippen molar-refractivity contribution in [3.05, 3.63) is 29.8 Å². The highest BCUT2D eigenvalue weighted by Crippen LogP contribution is 2.49. The number of halogens is 6. The lowest BCUT2D eigenvalue weighted by Gasteiger charge is -2.29. The number of carbonyl (C=O) groups is 5. The number of thioether (sulfide) groups is 1. The maximum atomic E-state index is 11.6. The van der Waals surface area contributed by atoms with Crippen molar-refractivity contribution in [1.82, 2.24) is 10.6 Å². The number of Topliss-reactive ketones (excluding diaryl/α,β-unsaturated/α-hetero) is 1. The summed E-state index contributed by atoms with van der Waals surface area (Å²) in [6, 6.07) is 7.96. The number of benzene rings is 1. The van der Waals surface area contributed by atoms with Crippen LogP contribution >= 0.6 is 11.8 Å². The van der Waals surface area contributed by atoms with Crippen molar-refractivity contribution in [1.29, 1.82) is 0 Å². The third kappa shape index (κ3) is 187. The second-order valence-corrected chi connectivity index (χ2v) is 18.9. The molecular weight excluding hydrogens is 991 g/mol. The SMILES string of the molecule is C.C.CC(C)(C(F)(F)F)C(F)(F)F.CC(C)(C)C.CC(C)=O.CC(C)C.CCC.CNC(=O)OC.CNC(C)=O.COC.COC(=O)OC.COC(C)=O.COc1ccc(C)cc1.CS(C)(=O)=O.CSC. The van der Waals surface area contributed by atoms with Crippen LogP contribution in [-0.4, -0.2) is 140 Å². The van der Waals surface area contributed by atoms with Gasteiger partial charge in [0, 0.05) is 54.7 Å². The lowest BCUT2D eigenvalue weighted by Crippen LogP contribution is -2.44. The zero-order valence-corrected chi connectivity index (χ0v) is 49.1. The molecule has 2 N–H and O–H groups in total. The van der Waals surface area contributed by atoms with Gasteiger partial charge in [-0.1, -0.05) is 101 Å². The molecule has 438 valence electrons. The van der Waals surface area contributed by atoms with E-state index in [0.717, 1.165) is 24.2 Å². The molecule has 71 heavy (non-hydrogen) atoms. The average Bonchev–Trinajstić information content (AvgIpc) is 3.17. The van der Waals surface area contributed by atoms with Crippen LogP contribution in [0.1, 0.15) is 131 Å². The Hall–Kier alpha value is -3.99. The predicted octanol–water partition coefficient (Wildman–Crippen LogP) is 13.3. The number of methoxy groups -OCH3 is 6. The van der Waals surface area contributed by atoms with Gasteiger partial charge in [0.05, 0.1) is 35.5 Å². The van der Waals surface area contributed by atoms with E-state index >= 15 is 0 Å². The molecule has 23 heteroatoms. The molecule has 0 fully saturated rings. The second-order valence-electron chi connectivity index (χ2n) is 15.8. The van der Waals surface area contributed by atoms with Crippen LogP contribution in [0.2, 0.25) is 0 Å². The van der Waals surface area contributed by atoms with Gasteiger partial charge < -0.3 is 43.8 Å². The number of amides is 2. The number of sulfone groups is 1. The molecule has 0 radical (unpaired) electrons. The lowest BCUT2D eigenvalue weighted by atomic mass is 9.92. The number of ether oxygens (including phenoxy) is 6. The first-order valence-corrected chi connectivity index (χ1v) is 24.4. The number of aryl methyl sites for hydroxylation is 1. The van der Waals surface area contributed by atoms with Crippen LogP contribution in [0.25, 0.3) is 0 Å². The Labute approximate surface area is 433 Å². The molecule has 0 spiro atoms. The van der Waals surface area contributed by atoms with Gasteiger partial charge in [-0.15, -0.1) is 0 Å². The molecule has 0 unspecified atom stereocenters. The van der Waals surface area contributed by atoms with Gasteiger partial charge in [0.15, 0.2) is 5.41 Å². The summed E-state index contributed by atoms with van der Waals surface area (Å²) in [5, 5.41) is 4.64. The van der Waals surface area contributed by atoms with E-state index in [9.17, 15) is 58.7 Å². The summed E-state index contributed by atoms with van der Waals surface area (Å²) < 4.78 is 114. The number of esters is 1. The maximum Gasteiger partial charge on any atom is 0.507 e. The van der Waals surface area contributed by atoms with E-state index in [-0.39, 0.29) is 46.4 Å². The minimum atomic E-state index is -5.24. The summed E-state index contributed by atoms with van der Waals surface area (Å²) in [4.78, 5) is 48.3. The van der Waals surface area contributed by atoms with Crippen LogP contribution in [0.15, 0.2) is 24.3 Å². The lowest BCUT2D eigenvalue weighted by molar-refractivity contribution is -0.327. The van der Waals surface area contributed by atoms with E-state index in [0.29, 0.717) is 5.41 Å². The van der Waals surface area contributed by atoms with Crippen molar-refractivity contribution in [3.63, 3.8) is 0 Å². The molecule has 1 aromatic rings. The number of nitrogens with one attached hydrogen (secondary N) is 2. The third-order valence-electron chi connectivity index (χ3n) is 4.04. The van der Waals surface area contributed by atoms with Gasteiger partial charge in [0.25, 0.3) is 0 Å². The smallest absolute Gasteiger partial charge is 0.497 e. The van der Waals surface area contributed by atoms with Crippen molar-refractivity contribution < 1.29 is 87.2 Å². The largest absolute Gasteiger partial charge is 0.507 e. The first-order valence-electron chi connectivity index (χ1n) is 20.5. The number of rotatable bonds is 1. The first-order chi connectivity index (χ1) is 30.7. The average molecular weight is 1100 g/mol. The number of alkyl carbamates (subject to hydrolysis) is 1. The highest BCUT2D eigenvalue weighted by Gasteiger charge is 2.64. The molecule has 1 rings (SSSR count). The Kier molecular flexibility index (Phi) is 99.6. The molecule has 1 aromatic carbocycles. The molecule has 2 amide bonds. The summed E-state index contributed by atoms with van der Waals surface area (Å²) in [5.41, 5.74) is -1.86. The van der Waals surface area contributed by atoms with Gasteiger partial charge >= 0.3 is 30.6 Å². The number of hydrogen-bond acceptors (Lipinski definition) is 14. The topological polar surface area (TPSA) is 199 Å². The number of alkyl halides is 6. The summed E-state index contributed by atoms with van der Waals surface area (Å²) in [7, 11) is 10.5. The van der Waals surface area contributed by atoms with Gasteiger partial charge in [0.1, 0.15) is 21.4 Å². The van der Waals surface area contributed by atoms with E-state index in [2.05, 4.69) is 104 Å². The molecule has 0 aromatic heterocycles. The molecule has 0 heterocycles. The van der Waals surface area contributed by atoms with E-state index in [1.54, 1.807) is 40.1 Å². The van der Waals surface area contributed by atoms with Crippen LogP contribution in [0.5, 0.6) is 5.75 Å². The Morgan fingerprint density at radius 1 is 0.634 bits per heavy atom. The molecule has 15 nitrogen and oxygen atoms in total. The van der Waals surface area contributed by atoms with Crippen LogP contribution in [-0.2, 0) is 47.9 Å². The fraction of sp³-hybridized carbons (Fsp3) is 0.771. The van der Waals surface area contributed by atoms with Gasteiger partial charge in [-0.05, 0) is 70.6 Å². The third-order valence-corrected chi connectivity index (χ3v) is 4.04. The summed E-state index contributed by atoms with van der Waals surface area (Å²) in [6.07, 6.45) is -3.90. The molecule has 0 saturated heterocycles. The van der Waals surface area contributed by atoms with E-state index in [4.69, 9.17) is 4.74 Å². The molecule has 0 aliphatic carbocycles. The summed E-state index contributed by atoms with van der Waals surface area (Å²) >= 11 is 1.75. The fourth-order valence-corrected chi connectivity index (χ4v) is 1.02. The van der Waals surface area contributed by atoms with Crippen molar-refractivity contribution in [3.8, 4) is 5.75 Å². The zero-order valence-electron chi connectivity index (χ0n) is 47.5. The van der Waals surface area contributed by atoms with Gasteiger partial charge in [-0.3, -0.25) is 9.59 Å². The molecule has 0 bridgehead atoms. The molecule has 0 aliphatic rings. The number of ketones is 1. The number of carbonyl (C=O) groups excluding carboxylic acids is 5. The van der Waals surface area contributed by atoms with Gasteiger partial charge in [-0.2, -0.15) is 38.1 Å². The Morgan fingerprint density at radius 2 is 0.831 bits per heavy atom. The van der Waals surface area contributed by atoms with E-state index < -0.39 is 39.9 Å². The van der Waals surface area contributed by atoms with E-state index in [1.165, 1.54) is 75.2 Å². The summed E-state index contributed by atoms with van der Waals surface area (Å²) in [6.45, 7) is 27.7. The normalized spacial score (nSPS) is 8.96. The molecular formula is C48H104F6N2O13S2. The first kappa shape index (κ1) is 104. The minimum Gasteiger partial charge on any atom is -0.497 e. The Balaban J connectivity index is -0.0000000421. The predicted molar refractivity (Wildman–Crippen MR) is 286 cm³/mol. The van der Waals surface area contributed by atoms with Crippen molar-refractivity contribution in [2.45, 2.75) is 144 Å². The zero-order chi connectivity index (χ0) is 59.0. The molecule has 0 aliphatic heterocycles. The van der Waals surface area contributed by atoms with Crippen LogP contribution in [0.3, 0.4) is 0 Å². The highest BCUT2D eigenvalue weighted by molar-refractivity contribution is 7.97. The Morgan fingerprint density at radius 3 is 0.887 bits per heavy atom.